The van der Waals surface area contributed by atoms with E-state index >= 15 is 0 Å². The van der Waals surface area contributed by atoms with E-state index in [0.29, 0.717) is 12.6 Å². The van der Waals surface area contributed by atoms with E-state index in [1.165, 1.54) is 12.8 Å². The SMILES string of the molecule is NS(=O)(=O)NCC1CN2CCCC2CO1. The van der Waals surface area contributed by atoms with E-state index in [4.69, 9.17) is 9.88 Å². The van der Waals surface area contributed by atoms with Crippen LogP contribution in [0.3, 0.4) is 0 Å². The molecule has 2 fully saturated rings. The molecule has 2 unspecified atom stereocenters. The van der Waals surface area contributed by atoms with Crippen LogP contribution in [0.15, 0.2) is 0 Å². The number of nitrogens with two attached hydrogens (primary N) is 1. The number of nitrogens with zero attached hydrogens (tertiary/aromatic N) is 1. The largest absolute Gasteiger partial charge is 0.374 e. The zero-order chi connectivity index (χ0) is 10.9. The number of nitrogens with one attached hydrogen (secondary N) is 1. The Bertz CT molecular complexity index is 319. The number of ether oxygens (including phenoxy) is 1. The maximum atomic E-state index is 10.7. The monoisotopic (exact) mass is 235 g/mol. The van der Waals surface area contributed by atoms with Crippen LogP contribution < -0.4 is 9.86 Å². The molecule has 0 saturated carbocycles. The third kappa shape index (κ3) is 3.12. The third-order valence-corrected chi connectivity index (χ3v) is 3.54. The van der Waals surface area contributed by atoms with E-state index in [1.54, 1.807) is 0 Å². The van der Waals surface area contributed by atoms with Gasteiger partial charge in [-0.05, 0) is 19.4 Å². The molecule has 0 amide bonds. The standard InChI is InChI=1S/C8H17N3O3S/c9-15(12,13)10-4-8-5-11-3-1-2-7(11)6-14-8/h7-8,10H,1-6H2,(H2,9,12,13). The van der Waals surface area contributed by atoms with Crippen molar-refractivity contribution >= 4 is 10.2 Å². The van der Waals surface area contributed by atoms with Crippen LogP contribution in [0.1, 0.15) is 12.8 Å². The number of fused-ring (bicyclic) bond motifs is 1. The summed E-state index contributed by atoms with van der Waals surface area (Å²) in [6, 6.07) is 0.538. The highest BCUT2D eigenvalue weighted by atomic mass is 32.2. The Hall–Kier alpha value is -0.210. The molecule has 88 valence electrons. The molecule has 15 heavy (non-hydrogen) atoms. The Kier molecular flexibility index (Phi) is 3.27. The average Bonchev–Trinajstić information content (AvgIpc) is 2.60. The van der Waals surface area contributed by atoms with Gasteiger partial charge >= 0.3 is 0 Å². The van der Waals surface area contributed by atoms with E-state index in [2.05, 4.69) is 9.62 Å². The summed E-state index contributed by atoms with van der Waals surface area (Å²) >= 11 is 0. The van der Waals surface area contributed by atoms with Crippen molar-refractivity contribution in [1.29, 1.82) is 0 Å². The predicted octanol–water partition coefficient (Wildman–Crippen LogP) is -1.36. The van der Waals surface area contributed by atoms with Crippen LogP contribution in [0.2, 0.25) is 0 Å². The zero-order valence-corrected chi connectivity index (χ0v) is 9.37. The lowest BCUT2D eigenvalue weighted by Crippen LogP contribution is -2.50. The van der Waals surface area contributed by atoms with Crippen LogP contribution >= 0.6 is 0 Å². The molecule has 0 aliphatic carbocycles. The van der Waals surface area contributed by atoms with Gasteiger partial charge in [0.15, 0.2) is 0 Å². The van der Waals surface area contributed by atoms with Crippen LogP contribution in [-0.4, -0.2) is 51.7 Å². The second kappa shape index (κ2) is 4.34. The summed E-state index contributed by atoms with van der Waals surface area (Å²) in [5, 5.41) is 4.85. The van der Waals surface area contributed by atoms with Crippen LogP contribution in [-0.2, 0) is 14.9 Å². The number of morpholine rings is 1. The molecular weight excluding hydrogens is 218 g/mol. The fourth-order valence-corrected chi connectivity index (χ4v) is 2.64. The van der Waals surface area contributed by atoms with Gasteiger partial charge in [-0.2, -0.15) is 13.1 Å². The van der Waals surface area contributed by atoms with Crippen LogP contribution in [0.4, 0.5) is 0 Å². The van der Waals surface area contributed by atoms with Crippen molar-refractivity contribution in [3.05, 3.63) is 0 Å². The van der Waals surface area contributed by atoms with E-state index in [1.807, 2.05) is 0 Å². The fraction of sp³-hybridized carbons (Fsp3) is 1.00. The van der Waals surface area contributed by atoms with Gasteiger partial charge in [0.25, 0.3) is 10.2 Å². The van der Waals surface area contributed by atoms with Gasteiger partial charge in [0, 0.05) is 19.1 Å². The Balaban J connectivity index is 1.80. The molecule has 2 heterocycles. The first-order valence-corrected chi connectivity index (χ1v) is 6.72. The topological polar surface area (TPSA) is 84.7 Å². The van der Waals surface area contributed by atoms with Gasteiger partial charge < -0.3 is 4.74 Å². The first-order chi connectivity index (χ1) is 7.04. The van der Waals surface area contributed by atoms with Crippen molar-refractivity contribution in [2.24, 2.45) is 5.14 Å². The summed E-state index contributed by atoms with van der Waals surface area (Å²) in [5.74, 6) is 0. The minimum absolute atomic E-state index is 0.0716. The fourth-order valence-electron chi connectivity index (χ4n) is 2.22. The van der Waals surface area contributed by atoms with Crippen molar-refractivity contribution < 1.29 is 13.2 Å². The molecule has 0 bridgehead atoms. The molecule has 0 aromatic heterocycles. The van der Waals surface area contributed by atoms with Gasteiger partial charge in [-0.3, -0.25) is 4.90 Å². The normalized spacial score (nSPS) is 32.9. The average molecular weight is 235 g/mol. The Labute approximate surface area is 89.9 Å². The third-order valence-electron chi connectivity index (χ3n) is 2.97. The molecule has 7 heteroatoms. The molecule has 3 N–H and O–H groups in total. The highest BCUT2D eigenvalue weighted by Gasteiger charge is 2.32. The molecule has 0 aromatic rings. The summed E-state index contributed by atoms with van der Waals surface area (Å²) in [7, 11) is -3.59. The van der Waals surface area contributed by atoms with Crippen LogP contribution in [0.25, 0.3) is 0 Å². The zero-order valence-electron chi connectivity index (χ0n) is 8.55. The molecule has 0 radical (unpaired) electrons. The summed E-state index contributed by atoms with van der Waals surface area (Å²) < 4.78 is 29.2. The first-order valence-electron chi connectivity index (χ1n) is 5.17. The molecule has 0 spiro atoms. The molecule has 2 saturated heterocycles. The van der Waals surface area contributed by atoms with Gasteiger partial charge in [-0.15, -0.1) is 0 Å². The molecule has 6 nitrogen and oxygen atoms in total. The predicted molar refractivity (Wildman–Crippen MR) is 55.4 cm³/mol. The van der Waals surface area contributed by atoms with E-state index in [9.17, 15) is 8.42 Å². The molecule has 2 aliphatic heterocycles. The molecule has 2 aliphatic rings. The lowest BCUT2D eigenvalue weighted by Gasteiger charge is -2.35. The second-order valence-corrected chi connectivity index (χ2v) is 5.52. The van der Waals surface area contributed by atoms with Crippen molar-refractivity contribution in [2.75, 3.05) is 26.2 Å². The summed E-state index contributed by atoms with van der Waals surface area (Å²) in [6.45, 7) is 2.87. The van der Waals surface area contributed by atoms with Gasteiger partial charge in [0.2, 0.25) is 0 Å². The molecule has 0 aromatic carbocycles. The highest BCUT2D eigenvalue weighted by molar-refractivity contribution is 7.87. The van der Waals surface area contributed by atoms with Gasteiger partial charge in [0.05, 0.1) is 12.7 Å². The van der Waals surface area contributed by atoms with Gasteiger partial charge in [-0.25, -0.2) is 5.14 Å². The minimum Gasteiger partial charge on any atom is -0.374 e. The first kappa shape index (κ1) is 11.3. The quantitative estimate of drug-likeness (QED) is 0.633. The number of rotatable bonds is 3. The lowest BCUT2D eigenvalue weighted by atomic mass is 10.2. The Morgan fingerprint density at radius 2 is 2.33 bits per heavy atom. The number of hydrogen-bond donors (Lipinski definition) is 2. The van der Waals surface area contributed by atoms with Crippen LogP contribution in [0, 0.1) is 0 Å². The van der Waals surface area contributed by atoms with E-state index in [0.717, 1.165) is 13.1 Å². The van der Waals surface area contributed by atoms with Crippen molar-refractivity contribution in [2.45, 2.75) is 25.0 Å². The van der Waals surface area contributed by atoms with E-state index in [-0.39, 0.29) is 12.6 Å². The summed E-state index contributed by atoms with van der Waals surface area (Å²) in [4.78, 5) is 2.36. The van der Waals surface area contributed by atoms with Crippen molar-refractivity contribution in [1.82, 2.24) is 9.62 Å². The lowest BCUT2D eigenvalue weighted by molar-refractivity contribution is -0.0449. The highest BCUT2D eigenvalue weighted by Crippen LogP contribution is 2.22. The molecule has 2 atom stereocenters. The van der Waals surface area contributed by atoms with Crippen LogP contribution in [0.5, 0.6) is 0 Å². The van der Waals surface area contributed by atoms with Gasteiger partial charge in [-0.1, -0.05) is 0 Å². The second-order valence-electron chi connectivity index (χ2n) is 4.14. The minimum atomic E-state index is -3.59. The summed E-state index contributed by atoms with van der Waals surface area (Å²) in [5.41, 5.74) is 0. The summed E-state index contributed by atoms with van der Waals surface area (Å²) in [6.07, 6.45) is 2.33. The maximum Gasteiger partial charge on any atom is 0.274 e. The van der Waals surface area contributed by atoms with E-state index < -0.39 is 10.2 Å². The molecular formula is C8H17N3O3S. The van der Waals surface area contributed by atoms with Crippen molar-refractivity contribution in [3.8, 4) is 0 Å². The Morgan fingerprint density at radius 3 is 3.07 bits per heavy atom. The number of hydrogen-bond acceptors (Lipinski definition) is 4. The van der Waals surface area contributed by atoms with Gasteiger partial charge in [0.1, 0.15) is 0 Å². The Morgan fingerprint density at radius 1 is 1.53 bits per heavy atom. The van der Waals surface area contributed by atoms with Crippen molar-refractivity contribution in [3.63, 3.8) is 0 Å². The smallest absolute Gasteiger partial charge is 0.274 e. The maximum absolute atomic E-state index is 10.7. The molecule has 2 rings (SSSR count).